The summed E-state index contributed by atoms with van der Waals surface area (Å²) >= 11 is 0. The molecular weight excluding hydrogens is 250 g/mol. The summed E-state index contributed by atoms with van der Waals surface area (Å²) in [5.41, 5.74) is 4.54. The fraction of sp³-hybridized carbons (Fsp3) is 0.438. The lowest BCUT2D eigenvalue weighted by atomic mass is 9.49. The zero-order valence-electron chi connectivity index (χ0n) is 11.8. The molecule has 0 saturated heterocycles. The Hall–Kier alpha value is -1.97. The van der Waals surface area contributed by atoms with E-state index in [1.165, 1.54) is 12.0 Å². The third kappa shape index (κ3) is 2.15. The lowest BCUT2D eigenvalue weighted by Gasteiger charge is -2.55. The van der Waals surface area contributed by atoms with E-state index in [1.54, 1.807) is 30.6 Å². The zero-order chi connectivity index (χ0) is 14.2. The van der Waals surface area contributed by atoms with Crippen LogP contribution >= 0.6 is 0 Å². The highest BCUT2D eigenvalue weighted by Crippen LogP contribution is 2.58. The SMILES string of the molecule is CC1(C)[C@H]2CC=C(/C=N\NC(=O)c3ccccn3)[C@@H]1C2. The molecule has 4 nitrogen and oxygen atoms in total. The average molecular weight is 269 g/mol. The largest absolute Gasteiger partial charge is 0.289 e. The molecule has 1 aromatic heterocycles. The molecule has 1 saturated carbocycles. The lowest BCUT2D eigenvalue weighted by molar-refractivity contribution is -0.00126. The average Bonchev–Trinajstić information content (AvgIpc) is 2.48. The van der Waals surface area contributed by atoms with Gasteiger partial charge in [-0.25, -0.2) is 5.43 Å². The Balaban J connectivity index is 1.62. The van der Waals surface area contributed by atoms with Gasteiger partial charge in [-0.1, -0.05) is 26.0 Å². The minimum absolute atomic E-state index is 0.274. The number of carbonyl (C=O) groups is 1. The predicted octanol–water partition coefficient (Wildman–Crippen LogP) is 2.79. The van der Waals surface area contributed by atoms with E-state index in [9.17, 15) is 4.79 Å². The number of hydrazone groups is 1. The van der Waals surface area contributed by atoms with Gasteiger partial charge in [-0.3, -0.25) is 9.78 Å². The van der Waals surface area contributed by atoms with Crippen molar-refractivity contribution in [2.75, 3.05) is 0 Å². The first-order valence-electron chi connectivity index (χ1n) is 7.03. The molecule has 1 heterocycles. The van der Waals surface area contributed by atoms with Crippen LogP contribution in [0.2, 0.25) is 0 Å². The highest BCUT2D eigenvalue weighted by molar-refractivity contribution is 5.93. The minimum atomic E-state index is -0.274. The van der Waals surface area contributed by atoms with Crippen LogP contribution < -0.4 is 5.43 Å². The second-order valence-electron chi connectivity index (χ2n) is 6.16. The van der Waals surface area contributed by atoms with Crippen LogP contribution in [0.5, 0.6) is 0 Å². The second-order valence-corrected chi connectivity index (χ2v) is 6.16. The highest BCUT2D eigenvalue weighted by atomic mass is 16.2. The van der Waals surface area contributed by atoms with Gasteiger partial charge in [0, 0.05) is 6.20 Å². The molecule has 2 bridgehead atoms. The molecule has 0 aromatic carbocycles. The quantitative estimate of drug-likeness (QED) is 0.677. The fourth-order valence-electron chi connectivity index (χ4n) is 3.26. The van der Waals surface area contributed by atoms with Crippen molar-refractivity contribution in [3.05, 3.63) is 41.7 Å². The van der Waals surface area contributed by atoms with Crippen LogP contribution in [0.3, 0.4) is 0 Å². The Morgan fingerprint density at radius 3 is 3.00 bits per heavy atom. The molecular formula is C16H19N3O. The number of hydrogen-bond acceptors (Lipinski definition) is 3. The third-order valence-electron chi connectivity index (χ3n) is 4.79. The van der Waals surface area contributed by atoms with Crippen LogP contribution in [0.15, 0.2) is 41.1 Å². The van der Waals surface area contributed by atoms with Gasteiger partial charge in [0.2, 0.25) is 0 Å². The molecule has 3 aliphatic carbocycles. The number of fused-ring (bicyclic) bond motifs is 1. The van der Waals surface area contributed by atoms with Gasteiger partial charge in [-0.15, -0.1) is 0 Å². The van der Waals surface area contributed by atoms with Crippen molar-refractivity contribution >= 4 is 12.1 Å². The zero-order valence-corrected chi connectivity index (χ0v) is 11.8. The first kappa shape index (κ1) is 13.0. The molecule has 4 rings (SSSR count). The number of nitrogens with one attached hydrogen (secondary N) is 1. The van der Waals surface area contributed by atoms with Crippen LogP contribution in [-0.4, -0.2) is 17.1 Å². The van der Waals surface area contributed by atoms with Gasteiger partial charge in [0.25, 0.3) is 5.91 Å². The van der Waals surface area contributed by atoms with Gasteiger partial charge < -0.3 is 0 Å². The van der Waals surface area contributed by atoms with Gasteiger partial charge in [-0.05, 0) is 47.8 Å². The Morgan fingerprint density at radius 1 is 1.50 bits per heavy atom. The fourth-order valence-corrected chi connectivity index (χ4v) is 3.26. The smallest absolute Gasteiger partial charge is 0.266 e. The number of allylic oxidation sites excluding steroid dienone is 2. The summed E-state index contributed by atoms with van der Waals surface area (Å²) in [5.74, 6) is 1.12. The van der Waals surface area contributed by atoms with Gasteiger partial charge in [-0.2, -0.15) is 5.10 Å². The molecule has 1 aromatic rings. The molecule has 1 N–H and O–H groups in total. The second kappa shape index (κ2) is 4.85. The van der Waals surface area contributed by atoms with Crippen LogP contribution in [0, 0.1) is 17.3 Å². The summed E-state index contributed by atoms with van der Waals surface area (Å²) in [7, 11) is 0. The summed E-state index contributed by atoms with van der Waals surface area (Å²) < 4.78 is 0. The molecule has 0 unspecified atom stereocenters. The van der Waals surface area contributed by atoms with Crippen molar-refractivity contribution in [1.29, 1.82) is 0 Å². The number of hydrogen-bond donors (Lipinski definition) is 1. The molecule has 1 fully saturated rings. The number of nitrogens with zero attached hydrogens (tertiary/aromatic N) is 2. The normalized spacial score (nSPS) is 26.8. The van der Waals surface area contributed by atoms with Gasteiger partial charge in [0.15, 0.2) is 0 Å². The molecule has 20 heavy (non-hydrogen) atoms. The van der Waals surface area contributed by atoms with E-state index < -0.39 is 0 Å². The molecule has 0 radical (unpaired) electrons. The maximum atomic E-state index is 11.8. The number of pyridine rings is 1. The number of amides is 1. The summed E-state index contributed by atoms with van der Waals surface area (Å²) in [6, 6.07) is 5.23. The number of aromatic nitrogens is 1. The minimum Gasteiger partial charge on any atom is -0.266 e. The van der Waals surface area contributed by atoms with Crippen LogP contribution in [0.4, 0.5) is 0 Å². The first-order valence-corrected chi connectivity index (χ1v) is 7.03. The van der Waals surface area contributed by atoms with Crippen molar-refractivity contribution in [3.8, 4) is 0 Å². The van der Waals surface area contributed by atoms with E-state index in [0.717, 1.165) is 12.3 Å². The van der Waals surface area contributed by atoms with E-state index >= 15 is 0 Å². The monoisotopic (exact) mass is 269 g/mol. The maximum absolute atomic E-state index is 11.8. The van der Waals surface area contributed by atoms with E-state index in [1.807, 2.05) is 0 Å². The summed E-state index contributed by atoms with van der Waals surface area (Å²) in [4.78, 5) is 15.8. The Morgan fingerprint density at radius 2 is 2.35 bits per heavy atom. The molecule has 0 aliphatic heterocycles. The predicted molar refractivity (Wildman–Crippen MR) is 78.3 cm³/mol. The Labute approximate surface area is 119 Å². The van der Waals surface area contributed by atoms with Crippen molar-refractivity contribution in [2.45, 2.75) is 26.7 Å². The summed E-state index contributed by atoms with van der Waals surface area (Å²) in [5, 5.41) is 4.08. The van der Waals surface area contributed by atoms with E-state index in [4.69, 9.17) is 0 Å². The molecule has 0 spiro atoms. The van der Waals surface area contributed by atoms with Crippen LogP contribution in [0.25, 0.3) is 0 Å². The molecule has 2 atom stereocenters. The lowest BCUT2D eigenvalue weighted by Crippen LogP contribution is -2.48. The molecule has 3 aliphatic rings. The van der Waals surface area contributed by atoms with Crippen molar-refractivity contribution in [2.24, 2.45) is 22.4 Å². The number of rotatable bonds is 3. The van der Waals surface area contributed by atoms with E-state index in [2.05, 4.69) is 35.4 Å². The first-order chi connectivity index (χ1) is 9.59. The number of carbonyl (C=O) groups excluding carboxylic acids is 1. The molecule has 4 heteroatoms. The Bertz CT molecular complexity index is 575. The van der Waals surface area contributed by atoms with Gasteiger partial charge in [0.05, 0.1) is 6.21 Å². The van der Waals surface area contributed by atoms with E-state index in [-0.39, 0.29) is 5.91 Å². The van der Waals surface area contributed by atoms with Crippen molar-refractivity contribution in [1.82, 2.24) is 10.4 Å². The van der Waals surface area contributed by atoms with Crippen LogP contribution in [-0.2, 0) is 0 Å². The third-order valence-corrected chi connectivity index (χ3v) is 4.79. The highest BCUT2D eigenvalue weighted by Gasteiger charge is 2.50. The Kier molecular flexibility index (Phi) is 3.16. The standard InChI is InChI=1S/C16H19N3O/c1-16(2)12-7-6-11(13(16)9-12)10-18-19-15(20)14-5-3-4-8-17-14/h3-6,8,10,12-13H,7,9H2,1-2H3,(H,19,20)/b18-10-/t12-,13-/m0/s1. The summed E-state index contributed by atoms with van der Waals surface area (Å²) in [6.07, 6.45) is 8.01. The summed E-state index contributed by atoms with van der Waals surface area (Å²) in [6.45, 7) is 4.64. The molecule has 1 amide bonds. The maximum Gasteiger partial charge on any atom is 0.289 e. The van der Waals surface area contributed by atoms with Crippen molar-refractivity contribution < 1.29 is 4.79 Å². The van der Waals surface area contributed by atoms with Gasteiger partial charge >= 0.3 is 0 Å². The van der Waals surface area contributed by atoms with E-state index in [0.29, 0.717) is 17.0 Å². The van der Waals surface area contributed by atoms with Crippen LogP contribution in [0.1, 0.15) is 37.2 Å². The topological polar surface area (TPSA) is 54.4 Å². The molecule has 104 valence electrons. The van der Waals surface area contributed by atoms with Gasteiger partial charge in [0.1, 0.15) is 5.69 Å². The van der Waals surface area contributed by atoms with Crippen molar-refractivity contribution in [3.63, 3.8) is 0 Å².